The largest absolute Gasteiger partial charge is 0.383 e. The molecule has 0 N–H and O–H groups in total. The highest BCUT2D eigenvalue weighted by molar-refractivity contribution is 5.87. The molecule has 17 heavy (non-hydrogen) atoms. The van der Waals surface area contributed by atoms with Gasteiger partial charge in [-0.3, -0.25) is 4.79 Å². The van der Waals surface area contributed by atoms with E-state index in [1.807, 2.05) is 4.68 Å². The van der Waals surface area contributed by atoms with Gasteiger partial charge in [-0.2, -0.15) is 0 Å². The Morgan fingerprint density at radius 3 is 3.18 bits per heavy atom. The second-order valence-corrected chi connectivity index (χ2v) is 3.91. The summed E-state index contributed by atoms with van der Waals surface area (Å²) in [6.07, 6.45) is 2.12. The standard InChI is InChI=1S/C11H16N4O2/c1-3-11(16)14-5-4-10-9(8-14)12-13-15(10)6-7-17-2/h3H,1,4-8H2,2H3. The lowest BCUT2D eigenvalue weighted by atomic mass is 10.1. The fourth-order valence-electron chi connectivity index (χ4n) is 1.94. The molecule has 0 spiro atoms. The van der Waals surface area contributed by atoms with Gasteiger partial charge in [0.2, 0.25) is 5.91 Å². The Labute approximate surface area is 99.9 Å². The minimum absolute atomic E-state index is 0.0536. The molecule has 1 amide bonds. The molecule has 2 heterocycles. The number of hydrogen-bond acceptors (Lipinski definition) is 4. The van der Waals surface area contributed by atoms with Crippen LogP contribution in [0.1, 0.15) is 11.4 Å². The van der Waals surface area contributed by atoms with Crippen LogP contribution in [0.2, 0.25) is 0 Å². The number of methoxy groups -OCH3 is 1. The zero-order chi connectivity index (χ0) is 12.3. The van der Waals surface area contributed by atoms with Gasteiger partial charge in [0.05, 0.1) is 25.4 Å². The zero-order valence-electron chi connectivity index (χ0n) is 9.93. The quantitative estimate of drug-likeness (QED) is 0.690. The van der Waals surface area contributed by atoms with E-state index in [1.165, 1.54) is 6.08 Å². The average molecular weight is 236 g/mol. The number of rotatable bonds is 4. The number of hydrogen-bond donors (Lipinski definition) is 0. The van der Waals surface area contributed by atoms with Gasteiger partial charge in [0.25, 0.3) is 0 Å². The van der Waals surface area contributed by atoms with Gasteiger partial charge < -0.3 is 9.64 Å². The molecule has 6 heteroatoms. The Morgan fingerprint density at radius 1 is 1.65 bits per heavy atom. The maximum Gasteiger partial charge on any atom is 0.246 e. The van der Waals surface area contributed by atoms with E-state index in [0.717, 1.165) is 17.8 Å². The summed E-state index contributed by atoms with van der Waals surface area (Å²) < 4.78 is 6.87. The molecular weight excluding hydrogens is 220 g/mol. The smallest absolute Gasteiger partial charge is 0.246 e. The van der Waals surface area contributed by atoms with Crippen molar-refractivity contribution in [3.05, 3.63) is 24.0 Å². The summed E-state index contributed by atoms with van der Waals surface area (Å²) in [4.78, 5) is 13.2. The van der Waals surface area contributed by atoms with Crippen molar-refractivity contribution < 1.29 is 9.53 Å². The van der Waals surface area contributed by atoms with E-state index in [4.69, 9.17) is 4.74 Å². The van der Waals surface area contributed by atoms with Crippen LogP contribution in [0.3, 0.4) is 0 Å². The summed E-state index contributed by atoms with van der Waals surface area (Å²) in [6.45, 7) is 6.02. The number of amides is 1. The maximum absolute atomic E-state index is 11.5. The Bertz CT molecular complexity index is 427. The summed E-state index contributed by atoms with van der Waals surface area (Å²) in [5.41, 5.74) is 1.98. The maximum atomic E-state index is 11.5. The van der Waals surface area contributed by atoms with Crippen molar-refractivity contribution in [3.63, 3.8) is 0 Å². The van der Waals surface area contributed by atoms with E-state index in [1.54, 1.807) is 12.0 Å². The molecule has 1 aromatic heterocycles. The Balaban J connectivity index is 2.10. The minimum Gasteiger partial charge on any atom is -0.383 e. The SMILES string of the molecule is C=CC(=O)N1CCc2c(nnn2CCOC)C1. The van der Waals surface area contributed by atoms with Crippen molar-refractivity contribution in [2.45, 2.75) is 19.5 Å². The van der Waals surface area contributed by atoms with Crippen LogP contribution in [-0.2, 0) is 29.0 Å². The Kier molecular flexibility index (Phi) is 3.53. The lowest BCUT2D eigenvalue weighted by molar-refractivity contribution is -0.126. The van der Waals surface area contributed by atoms with Gasteiger partial charge in [0.15, 0.2) is 0 Å². The van der Waals surface area contributed by atoms with Crippen LogP contribution in [0.4, 0.5) is 0 Å². The molecule has 0 bridgehead atoms. The van der Waals surface area contributed by atoms with Crippen LogP contribution in [0.15, 0.2) is 12.7 Å². The third-order valence-electron chi connectivity index (χ3n) is 2.87. The van der Waals surface area contributed by atoms with Crippen LogP contribution < -0.4 is 0 Å². The summed E-state index contributed by atoms with van der Waals surface area (Å²) in [5, 5.41) is 8.18. The van der Waals surface area contributed by atoms with Crippen molar-refractivity contribution in [1.82, 2.24) is 19.9 Å². The van der Waals surface area contributed by atoms with Crippen molar-refractivity contribution >= 4 is 5.91 Å². The van der Waals surface area contributed by atoms with Crippen LogP contribution in [0.5, 0.6) is 0 Å². The zero-order valence-corrected chi connectivity index (χ0v) is 9.93. The van der Waals surface area contributed by atoms with Gasteiger partial charge in [-0.05, 0) is 6.08 Å². The molecule has 6 nitrogen and oxygen atoms in total. The molecule has 0 aromatic carbocycles. The molecule has 0 saturated carbocycles. The van der Waals surface area contributed by atoms with Gasteiger partial charge in [-0.25, -0.2) is 4.68 Å². The topological polar surface area (TPSA) is 60.2 Å². The van der Waals surface area contributed by atoms with Crippen molar-refractivity contribution in [3.8, 4) is 0 Å². The molecule has 0 unspecified atom stereocenters. The first-order chi connectivity index (χ1) is 8.26. The highest BCUT2D eigenvalue weighted by Crippen LogP contribution is 2.16. The minimum atomic E-state index is -0.0536. The average Bonchev–Trinajstić information content (AvgIpc) is 2.77. The van der Waals surface area contributed by atoms with Gasteiger partial charge in [-0.15, -0.1) is 5.10 Å². The molecule has 1 aliphatic heterocycles. The van der Waals surface area contributed by atoms with E-state index in [0.29, 0.717) is 26.2 Å². The molecule has 0 saturated heterocycles. The van der Waals surface area contributed by atoms with E-state index >= 15 is 0 Å². The van der Waals surface area contributed by atoms with Gasteiger partial charge in [-0.1, -0.05) is 11.8 Å². The Hall–Kier alpha value is -1.69. The molecule has 2 rings (SSSR count). The fourth-order valence-corrected chi connectivity index (χ4v) is 1.94. The van der Waals surface area contributed by atoms with Crippen molar-refractivity contribution in [2.75, 3.05) is 20.3 Å². The van der Waals surface area contributed by atoms with Crippen molar-refractivity contribution in [2.24, 2.45) is 0 Å². The first-order valence-electron chi connectivity index (χ1n) is 5.57. The van der Waals surface area contributed by atoms with Crippen molar-refractivity contribution in [1.29, 1.82) is 0 Å². The third kappa shape index (κ3) is 2.36. The van der Waals surface area contributed by atoms with Gasteiger partial charge >= 0.3 is 0 Å². The monoisotopic (exact) mass is 236 g/mol. The number of carbonyl (C=O) groups is 1. The number of nitrogens with zero attached hydrogens (tertiary/aromatic N) is 4. The van der Waals surface area contributed by atoms with Crippen LogP contribution in [0, 0.1) is 0 Å². The number of fused-ring (bicyclic) bond motifs is 1. The molecule has 92 valence electrons. The predicted molar refractivity (Wildman–Crippen MR) is 61.2 cm³/mol. The van der Waals surface area contributed by atoms with E-state index in [9.17, 15) is 4.79 Å². The predicted octanol–water partition coefficient (Wildman–Crippen LogP) is -0.00480. The molecule has 0 atom stereocenters. The normalized spacial score (nSPS) is 14.5. The highest BCUT2D eigenvalue weighted by Gasteiger charge is 2.23. The molecular formula is C11H16N4O2. The highest BCUT2D eigenvalue weighted by atomic mass is 16.5. The summed E-state index contributed by atoms with van der Waals surface area (Å²) in [5.74, 6) is -0.0536. The Morgan fingerprint density at radius 2 is 2.47 bits per heavy atom. The van der Waals surface area contributed by atoms with E-state index < -0.39 is 0 Å². The second kappa shape index (κ2) is 5.09. The molecule has 0 fully saturated rings. The van der Waals surface area contributed by atoms with Gasteiger partial charge in [0, 0.05) is 20.1 Å². The first kappa shape index (κ1) is 11.8. The van der Waals surface area contributed by atoms with E-state index in [-0.39, 0.29) is 5.91 Å². The second-order valence-electron chi connectivity index (χ2n) is 3.91. The molecule has 0 radical (unpaired) electrons. The third-order valence-corrected chi connectivity index (χ3v) is 2.87. The fraction of sp³-hybridized carbons (Fsp3) is 0.545. The molecule has 1 aliphatic rings. The number of carbonyl (C=O) groups excluding carboxylic acids is 1. The van der Waals surface area contributed by atoms with Gasteiger partial charge in [0.1, 0.15) is 5.69 Å². The summed E-state index contributed by atoms with van der Waals surface area (Å²) in [6, 6.07) is 0. The van der Waals surface area contributed by atoms with Crippen LogP contribution in [-0.4, -0.2) is 46.1 Å². The van der Waals surface area contributed by atoms with E-state index in [2.05, 4.69) is 16.9 Å². The molecule has 0 aliphatic carbocycles. The summed E-state index contributed by atoms with van der Waals surface area (Å²) >= 11 is 0. The molecule has 1 aromatic rings. The number of aromatic nitrogens is 3. The first-order valence-corrected chi connectivity index (χ1v) is 5.57. The van der Waals surface area contributed by atoms with Crippen LogP contribution in [0.25, 0.3) is 0 Å². The lowest BCUT2D eigenvalue weighted by Crippen LogP contribution is -2.35. The lowest BCUT2D eigenvalue weighted by Gasteiger charge is -2.25. The number of ether oxygens (including phenoxy) is 1. The summed E-state index contributed by atoms with van der Waals surface area (Å²) in [7, 11) is 1.66. The van der Waals surface area contributed by atoms with Crippen LogP contribution >= 0.6 is 0 Å².